The molecule has 2 rings (SSSR count). The van der Waals surface area contributed by atoms with E-state index in [0.717, 1.165) is 36.0 Å². The van der Waals surface area contributed by atoms with Crippen molar-refractivity contribution in [2.75, 3.05) is 32.2 Å². The molecule has 0 bridgehead atoms. The lowest BCUT2D eigenvalue weighted by Crippen LogP contribution is -2.39. The van der Waals surface area contributed by atoms with Gasteiger partial charge in [0.15, 0.2) is 0 Å². The molecule has 1 heterocycles. The van der Waals surface area contributed by atoms with Crippen LogP contribution in [0.3, 0.4) is 0 Å². The number of rotatable bonds is 5. The third-order valence-corrected chi connectivity index (χ3v) is 4.67. The van der Waals surface area contributed by atoms with E-state index in [1.54, 1.807) is 0 Å². The Bertz CT molecular complexity index is 498. The number of anilines is 1. The van der Waals surface area contributed by atoms with Gasteiger partial charge < -0.3 is 14.8 Å². The highest BCUT2D eigenvalue weighted by atomic mass is 79.9. The van der Waals surface area contributed by atoms with Gasteiger partial charge in [0.1, 0.15) is 0 Å². The van der Waals surface area contributed by atoms with Crippen LogP contribution in [0.15, 0.2) is 22.7 Å². The van der Waals surface area contributed by atoms with Crippen molar-refractivity contribution in [1.29, 1.82) is 0 Å². The zero-order chi connectivity index (χ0) is 15.3. The molecule has 0 aliphatic carbocycles. The Balaban J connectivity index is 1.97. The molecule has 1 aliphatic rings. The number of ether oxygens (including phenoxy) is 2. The summed E-state index contributed by atoms with van der Waals surface area (Å²) in [5.74, 6) is -0.111. The highest BCUT2D eigenvalue weighted by Gasteiger charge is 2.40. The molecule has 0 amide bonds. The average molecular weight is 356 g/mol. The van der Waals surface area contributed by atoms with Gasteiger partial charge in [-0.2, -0.15) is 0 Å². The van der Waals surface area contributed by atoms with Crippen LogP contribution in [-0.2, 0) is 14.3 Å². The van der Waals surface area contributed by atoms with Crippen molar-refractivity contribution in [2.24, 2.45) is 5.41 Å². The fourth-order valence-corrected chi connectivity index (χ4v) is 3.27. The van der Waals surface area contributed by atoms with E-state index in [-0.39, 0.29) is 5.97 Å². The van der Waals surface area contributed by atoms with Crippen LogP contribution in [0.25, 0.3) is 0 Å². The highest BCUT2D eigenvalue weighted by molar-refractivity contribution is 9.10. The number of esters is 1. The van der Waals surface area contributed by atoms with E-state index in [9.17, 15) is 4.79 Å². The second-order valence-corrected chi connectivity index (χ2v) is 6.44. The van der Waals surface area contributed by atoms with E-state index < -0.39 is 5.41 Å². The van der Waals surface area contributed by atoms with Gasteiger partial charge in [-0.05, 0) is 49.9 Å². The van der Waals surface area contributed by atoms with Gasteiger partial charge in [0, 0.05) is 29.9 Å². The zero-order valence-electron chi connectivity index (χ0n) is 12.6. The van der Waals surface area contributed by atoms with Gasteiger partial charge in [-0.15, -0.1) is 0 Å². The first-order valence-corrected chi connectivity index (χ1v) is 8.03. The van der Waals surface area contributed by atoms with Crippen molar-refractivity contribution in [1.82, 2.24) is 0 Å². The maximum atomic E-state index is 12.1. The lowest BCUT2D eigenvalue weighted by Gasteiger charge is -2.34. The van der Waals surface area contributed by atoms with Crippen molar-refractivity contribution < 1.29 is 14.3 Å². The smallest absolute Gasteiger partial charge is 0.312 e. The van der Waals surface area contributed by atoms with E-state index in [1.807, 2.05) is 12.1 Å². The third kappa shape index (κ3) is 3.98. The molecule has 1 aromatic carbocycles. The Kier molecular flexibility index (Phi) is 5.65. The number of benzene rings is 1. The summed E-state index contributed by atoms with van der Waals surface area (Å²) in [4.78, 5) is 12.1. The van der Waals surface area contributed by atoms with Crippen molar-refractivity contribution in [3.63, 3.8) is 0 Å². The fourth-order valence-electron chi connectivity index (χ4n) is 2.80. The SMILES string of the molecule is COC(=O)C1(CCNc2ccc(Br)cc2C)CCOCC1. The standard InChI is InChI=1S/C16H22BrNO3/c1-12-11-13(17)3-4-14(12)18-8-5-16(15(19)20-2)6-9-21-10-7-16/h3-4,11,18H,5-10H2,1-2H3. The van der Waals surface area contributed by atoms with Gasteiger partial charge in [0.05, 0.1) is 12.5 Å². The number of hydrogen-bond donors (Lipinski definition) is 1. The summed E-state index contributed by atoms with van der Waals surface area (Å²) in [6.07, 6.45) is 2.24. The van der Waals surface area contributed by atoms with Gasteiger partial charge in [-0.25, -0.2) is 0 Å². The molecule has 0 spiro atoms. The normalized spacial score (nSPS) is 17.3. The quantitative estimate of drug-likeness (QED) is 0.820. The van der Waals surface area contributed by atoms with Crippen molar-refractivity contribution in [2.45, 2.75) is 26.2 Å². The molecule has 0 aromatic heterocycles. The van der Waals surface area contributed by atoms with Gasteiger partial charge in [-0.3, -0.25) is 4.79 Å². The molecule has 5 heteroatoms. The predicted octanol–water partition coefficient (Wildman–Crippen LogP) is 3.53. The van der Waals surface area contributed by atoms with E-state index in [2.05, 4.69) is 34.2 Å². The summed E-state index contributed by atoms with van der Waals surface area (Å²) in [6, 6.07) is 6.14. The van der Waals surface area contributed by atoms with Crippen molar-refractivity contribution in [3.8, 4) is 0 Å². The minimum atomic E-state index is -0.400. The van der Waals surface area contributed by atoms with Crippen LogP contribution in [0.5, 0.6) is 0 Å². The molecule has 1 N–H and O–H groups in total. The Labute approximate surface area is 134 Å². The summed E-state index contributed by atoms with van der Waals surface area (Å²) in [5.41, 5.74) is 1.89. The van der Waals surface area contributed by atoms with Gasteiger partial charge in [-0.1, -0.05) is 15.9 Å². The Morgan fingerprint density at radius 1 is 1.43 bits per heavy atom. The Hall–Kier alpha value is -1.07. The molecular weight excluding hydrogens is 334 g/mol. The number of carbonyl (C=O) groups excluding carboxylic acids is 1. The minimum absolute atomic E-state index is 0.111. The summed E-state index contributed by atoms with van der Waals surface area (Å²) in [5, 5.41) is 3.42. The van der Waals surface area contributed by atoms with E-state index in [1.165, 1.54) is 12.7 Å². The largest absolute Gasteiger partial charge is 0.469 e. The topological polar surface area (TPSA) is 47.6 Å². The van der Waals surface area contributed by atoms with Gasteiger partial charge in [0.2, 0.25) is 0 Å². The van der Waals surface area contributed by atoms with Crippen LogP contribution in [0.2, 0.25) is 0 Å². The molecule has 0 atom stereocenters. The van der Waals surface area contributed by atoms with Crippen LogP contribution in [0, 0.1) is 12.3 Å². The van der Waals surface area contributed by atoms with Crippen LogP contribution >= 0.6 is 15.9 Å². The molecule has 21 heavy (non-hydrogen) atoms. The molecule has 1 fully saturated rings. The second-order valence-electron chi connectivity index (χ2n) is 5.52. The maximum absolute atomic E-state index is 12.1. The third-order valence-electron chi connectivity index (χ3n) is 4.18. The molecule has 1 aromatic rings. The number of nitrogens with one attached hydrogen (secondary N) is 1. The lowest BCUT2D eigenvalue weighted by molar-refractivity contribution is -0.159. The summed E-state index contributed by atoms with van der Waals surface area (Å²) < 4.78 is 11.5. The first-order chi connectivity index (χ1) is 10.1. The fraction of sp³-hybridized carbons (Fsp3) is 0.562. The molecular formula is C16H22BrNO3. The van der Waals surface area contributed by atoms with E-state index in [4.69, 9.17) is 9.47 Å². The van der Waals surface area contributed by atoms with Gasteiger partial charge >= 0.3 is 5.97 Å². The van der Waals surface area contributed by atoms with Crippen LogP contribution in [-0.4, -0.2) is 32.8 Å². The van der Waals surface area contributed by atoms with Crippen molar-refractivity contribution >= 4 is 27.6 Å². The first kappa shape index (κ1) is 16.3. The number of carbonyl (C=O) groups is 1. The van der Waals surface area contributed by atoms with Crippen LogP contribution in [0.4, 0.5) is 5.69 Å². The molecule has 1 saturated heterocycles. The molecule has 0 saturated carbocycles. The maximum Gasteiger partial charge on any atom is 0.312 e. The number of aryl methyl sites for hydroxylation is 1. The second kappa shape index (κ2) is 7.27. The van der Waals surface area contributed by atoms with Crippen molar-refractivity contribution in [3.05, 3.63) is 28.2 Å². The predicted molar refractivity (Wildman–Crippen MR) is 86.5 cm³/mol. The number of methoxy groups -OCH3 is 1. The number of halogens is 1. The molecule has 116 valence electrons. The van der Waals surface area contributed by atoms with Gasteiger partial charge in [0.25, 0.3) is 0 Å². The first-order valence-electron chi connectivity index (χ1n) is 7.24. The zero-order valence-corrected chi connectivity index (χ0v) is 14.2. The molecule has 0 radical (unpaired) electrons. The molecule has 4 nitrogen and oxygen atoms in total. The Morgan fingerprint density at radius 2 is 2.14 bits per heavy atom. The molecule has 0 unspecified atom stereocenters. The van der Waals surface area contributed by atoms with Crippen LogP contribution in [0.1, 0.15) is 24.8 Å². The summed E-state index contributed by atoms with van der Waals surface area (Å²) in [6.45, 7) is 4.08. The summed E-state index contributed by atoms with van der Waals surface area (Å²) >= 11 is 3.46. The minimum Gasteiger partial charge on any atom is -0.469 e. The Morgan fingerprint density at radius 3 is 2.76 bits per heavy atom. The van der Waals surface area contributed by atoms with Crippen LogP contribution < -0.4 is 5.32 Å². The number of hydrogen-bond acceptors (Lipinski definition) is 4. The van der Waals surface area contributed by atoms with E-state index >= 15 is 0 Å². The monoisotopic (exact) mass is 355 g/mol. The highest BCUT2D eigenvalue weighted by Crippen LogP contribution is 2.35. The lowest BCUT2D eigenvalue weighted by atomic mass is 9.77. The molecule has 1 aliphatic heterocycles. The summed E-state index contributed by atoms with van der Waals surface area (Å²) in [7, 11) is 1.46. The van der Waals surface area contributed by atoms with E-state index in [0.29, 0.717) is 13.2 Å². The average Bonchev–Trinajstić information content (AvgIpc) is 2.49.